The minimum absolute atomic E-state index is 0.0753. The van der Waals surface area contributed by atoms with Crippen LogP contribution < -0.4 is 15.6 Å². The zero-order chi connectivity index (χ0) is 29.4. The van der Waals surface area contributed by atoms with E-state index < -0.39 is 28.6 Å². The fourth-order valence-corrected chi connectivity index (χ4v) is 4.59. The molecule has 0 bridgehead atoms. The number of hydrogen-bond acceptors (Lipinski definition) is 5. The quantitative estimate of drug-likeness (QED) is 0.0960. The van der Waals surface area contributed by atoms with Crippen molar-refractivity contribution in [1.82, 2.24) is 5.43 Å². The van der Waals surface area contributed by atoms with Gasteiger partial charge in [0.1, 0.15) is 0 Å². The first-order chi connectivity index (χ1) is 19.7. The predicted octanol–water partition coefficient (Wildman–Crippen LogP) is 7.18. The van der Waals surface area contributed by atoms with Crippen molar-refractivity contribution in [2.45, 2.75) is 32.0 Å². The van der Waals surface area contributed by atoms with Gasteiger partial charge in [-0.2, -0.15) is 18.3 Å². The maximum atomic E-state index is 13.2. The molecular formula is C28H25ClF3N7O2. The molecule has 13 heteroatoms. The fourth-order valence-electron chi connectivity index (χ4n) is 4.36. The SMILES string of the molecule is [N-]=[N+]=NCc1cccc(C(=O)Nc2ccc(N3CCCCC3)cc2C(=O)NN=Cc2ccc(Cl)c(C(F)(F)F)c2)c1. The molecule has 1 saturated heterocycles. The van der Waals surface area contributed by atoms with Gasteiger partial charge in [-0.15, -0.1) is 0 Å². The van der Waals surface area contributed by atoms with E-state index in [4.69, 9.17) is 17.1 Å². The Morgan fingerprint density at radius 2 is 1.80 bits per heavy atom. The van der Waals surface area contributed by atoms with Gasteiger partial charge in [0, 0.05) is 29.3 Å². The van der Waals surface area contributed by atoms with Crippen LogP contribution in [0.1, 0.15) is 56.7 Å². The molecule has 1 heterocycles. The molecule has 0 spiro atoms. The van der Waals surface area contributed by atoms with E-state index in [-0.39, 0.29) is 23.4 Å². The average molecular weight is 584 g/mol. The van der Waals surface area contributed by atoms with Crippen LogP contribution in [0.25, 0.3) is 10.4 Å². The molecule has 2 amide bonds. The van der Waals surface area contributed by atoms with E-state index in [0.29, 0.717) is 11.1 Å². The number of nitrogens with zero attached hydrogens (tertiary/aromatic N) is 5. The zero-order valence-corrected chi connectivity index (χ0v) is 22.4. The molecule has 9 nitrogen and oxygen atoms in total. The summed E-state index contributed by atoms with van der Waals surface area (Å²) >= 11 is 5.67. The Hall–Kier alpha value is -4.54. The van der Waals surface area contributed by atoms with E-state index in [1.54, 1.807) is 36.4 Å². The number of hydrazone groups is 1. The number of carbonyl (C=O) groups is 2. The van der Waals surface area contributed by atoms with Gasteiger partial charge in [0.2, 0.25) is 0 Å². The second-order valence-corrected chi connectivity index (χ2v) is 9.66. The molecule has 0 atom stereocenters. The van der Waals surface area contributed by atoms with Gasteiger partial charge in [0.05, 0.1) is 34.6 Å². The van der Waals surface area contributed by atoms with Gasteiger partial charge in [-0.25, -0.2) is 5.43 Å². The third kappa shape index (κ3) is 7.77. The first-order valence-electron chi connectivity index (χ1n) is 12.7. The van der Waals surface area contributed by atoms with Crippen molar-refractivity contribution in [3.8, 4) is 0 Å². The van der Waals surface area contributed by atoms with Crippen LogP contribution in [0.2, 0.25) is 5.02 Å². The highest BCUT2D eigenvalue weighted by Gasteiger charge is 2.33. The van der Waals surface area contributed by atoms with Gasteiger partial charge < -0.3 is 10.2 Å². The number of nitrogens with one attached hydrogen (secondary N) is 2. The summed E-state index contributed by atoms with van der Waals surface area (Å²) in [6.45, 7) is 1.72. The molecule has 0 aromatic heterocycles. The Labute approximate surface area is 238 Å². The first-order valence-corrected chi connectivity index (χ1v) is 13.0. The molecule has 1 aliphatic rings. The number of rotatable bonds is 8. The number of alkyl halides is 3. The van der Waals surface area contributed by atoms with Crippen LogP contribution in [0.15, 0.2) is 70.9 Å². The highest BCUT2D eigenvalue weighted by molar-refractivity contribution is 6.31. The Balaban J connectivity index is 1.58. The summed E-state index contributed by atoms with van der Waals surface area (Å²) in [6, 6.07) is 14.9. The van der Waals surface area contributed by atoms with Crippen LogP contribution in [0.5, 0.6) is 0 Å². The average Bonchev–Trinajstić information content (AvgIpc) is 2.97. The van der Waals surface area contributed by atoms with Crippen molar-refractivity contribution < 1.29 is 22.8 Å². The van der Waals surface area contributed by atoms with E-state index in [1.807, 2.05) is 6.07 Å². The summed E-state index contributed by atoms with van der Waals surface area (Å²) in [7, 11) is 0. The molecule has 0 unspecified atom stereocenters. The monoisotopic (exact) mass is 583 g/mol. The molecule has 1 fully saturated rings. The number of hydrogen-bond donors (Lipinski definition) is 2. The topological polar surface area (TPSA) is 123 Å². The lowest BCUT2D eigenvalue weighted by Gasteiger charge is -2.29. The Kier molecular flexibility index (Phi) is 9.49. The zero-order valence-electron chi connectivity index (χ0n) is 21.7. The van der Waals surface area contributed by atoms with Gasteiger partial charge in [-0.3, -0.25) is 9.59 Å². The van der Waals surface area contributed by atoms with Crippen molar-refractivity contribution in [3.05, 3.63) is 104 Å². The van der Waals surface area contributed by atoms with Crippen LogP contribution in [-0.4, -0.2) is 31.1 Å². The maximum absolute atomic E-state index is 13.2. The summed E-state index contributed by atoms with van der Waals surface area (Å²) in [5.74, 6) is -1.16. The summed E-state index contributed by atoms with van der Waals surface area (Å²) in [5, 5.41) is 9.63. The number of amides is 2. The van der Waals surface area contributed by atoms with E-state index in [0.717, 1.165) is 56.4 Å². The molecular weight excluding hydrogens is 559 g/mol. The summed E-state index contributed by atoms with van der Waals surface area (Å²) in [4.78, 5) is 31.1. The van der Waals surface area contributed by atoms with Crippen molar-refractivity contribution >= 4 is 41.0 Å². The molecule has 41 heavy (non-hydrogen) atoms. The van der Waals surface area contributed by atoms with Gasteiger partial charge in [-0.1, -0.05) is 34.9 Å². The predicted molar refractivity (Wildman–Crippen MR) is 151 cm³/mol. The largest absolute Gasteiger partial charge is 0.417 e. The molecule has 3 aromatic rings. The molecule has 0 saturated carbocycles. The number of benzene rings is 3. The molecule has 212 valence electrons. The number of piperidine rings is 1. The maximum Gasteiger partial charge on any atom is 0.417 e. The Bertz CT molecular complexity index is 1510. The molecule has 3 aromatic carbocycles. The Morgan fingerprint density at radius 1 is 1.02 bits per heavy atom. The molecule has 1 aliphatic heterocycles. The van der Waals surface area contributed by atoms with Crippen molar-refractivity contribution in [2.75, 3.05) is 23.3 Å². The fraction of sp³-hybridized carbons (Fsp3) is 0.250. The standard InChI is InChI=1S/C28H25ClF3N7O2/c29-24-9-7-19(14-23(24)28(30,31)32)16-34-37-27(41)22-15-21(39-11-2-1-3-12-39)8-10-25(22)36-26(40)20-6-4-5-18(13-20)17-35-38-33/h4-10,13-16H,1-3,11-12,17H2,(H,36,40)(H,37,41). The van der Waals surface area contributed by atoms with Crippen LogP contribution in [0, 0.1) is 0 Å². The van der Waals surface area contributed by atoms with Gasteiger partial charge in [0.25, 0.3) is 11.8 Å². The second-order valence-electron chi connectivity index (χ2n) is 9.26. The van der Waals surface area contributed by atoms with E-state index in [9.17, 15) is 22.8 Å². The van der Waals surface area contributed by atoms with Crippen LogP contribution in [-0.2, 0) is 12.7 Å². The second kappa shape index (κ2) is 13.2. The Morgan fingerprint density at radius 3 is 2.54 bits per heavy atom. The van der Waals surface area contributed by atoms with Crippen molar-refractivity contribution in [1.29, 1.82) is 0 Å². The number of azide groups is 1. The third-order valence-corrected chi connectivity index (χ3v) is 6.73. The van der Waals surface area contributed by atoms with Crippen LogP contribution >= 0.6 is 11.6 Å². The molecule has 4 rings (SSSR count). The lowest BCUT2D eigenvalue weighted by atomic mass is 10.1. The minimum atomic E-state index is -4.64. The number of anilines is 2. The third-order valence-electron chi connectivity index (χ3n) is 6.40. The minimum Gasteiger partial charge on any atom is -0.372 e. The summed E-state index contributed by atoms with van der Waals surface area (Å²) in [6.07, 6.45) is -0.429. The molecule has 0 aliphatic carbocycles. The van der Waals surface area contributed by atoms with Gasteiger partial charge in [0.15, 0.2) is 0 Å². The van der Waals surface area contributed by atoms with Crippen molar-refractivity contribution in [2.24, 2.45) is 10.2 Å². The van der Waals surface area contributed by atoms with Gasteiger partial charge >= 0.3 is 6.18 Å². The van der Waals surface area contributed by atoms with Crippen LogP contribution in [0.4, 0.5) is 24.5 Å². The first kappa shape index (κ1) is 29.4. The summed E-state index contributed by atoms with van der Waals surface area (Å²) < 4.78 is 39.6. The lowest BCUT2D eigenvalue weighted by molar-refractivity contribution is -0.137. The molecule has 0 radical (unpaired) electrons. The summed E-state index contributed by atoms with van der Waals surface area (Å²) in [5.41, 5.74) is 12.0. The van der Waals surface area contributed by atoms with Crippen molar-refractivity contribution in [3.63, 3.8) is 0 Å². The van der Waals surface area contributed by atoms with E-state index >= 15 is 0 Å². The highest BCUT2D eigenvalue weighted by Crippen LogP contribution is 2.35. The number of halogens is 4. The smallest absolute Gasteiger partial charge is 0.372 e. The van der Waals surface area contributed by atoms with E-state index in [1.165, 1.54) is 6.07 Å². The number of carbonyl (C=O) groups excluding carboxylic acids is 2. The van der Waals surface area contributed by atoms with Gasteiger partial charge in [-0.05, 0) is 78.4 Å². The highest BCUT2D eigenvalue weighted by atomic mass is 35.5. The van der Waals surface area contributed by atoms with E-state index in [2.05, 4.69) is 30.8 Å². The van der Waals surface area contributed by atoms with Crippen LogP contribution in [0.3, 0.4) is 0 Å². The lowest BCUT2D eigenvalue weighted by Crippen LogP contribution is -2.30. The molecule has 2 N–H and O–H groups in total. The normalized spacial score (nSPS) is 13.5.